The molecule has 0 saturated carbocycles. The number of halogens is 8. The first-order valence-electron chi connectivity index (χ1n) is 4.80. The summed E-state index contributed by atoms with van der Waals surface area (Å²) in [5, 5.41) is 1.00. The van der Waals surface area contributed by atoms with Crippen molar-refractivity contribution in [2.45, 2.75) is 18.5 Å². The van der Waals surface area contributed by atoms with Crippen molar-refractivity contribution in [3.8, 4) is 0 Å². The standard InChI is InChI=1S/C10H5F8NO/c11-5-2-1-4(10(16,17)18)3-6(5)19-8(20)9(14,15)7(12)13/h1-3,7H,(H,19,20). The minimum atomic E-state index is -5.15. The van der Waals surface area contributed by atoms with E-state index in [9.17, 15) is 39.9 Å². The number of hydrogen-bond acceptors (Lipinski definition) is 1. The Hall–Kier alpha value is -1.87. The molecular weight excluding hydrogens is 302 g/mol. The first kappa shape index (κ1) is 16.2. The minimum absolute atomic E-state index is 0.0226. The van der Waals surface area contributed by atoms with Gasteiger partial charge in [-0.2, -0.15) is 22.0 Å². The highest BCUT2D eigenvalue weighted by Gasteiger charge is 2.49. The number of carbonyl (C=O) groups excluding carboxylic acids is 1. The summed E-state index contributed by atoms with van der Waals surface area (Å²) in [7, 11) is 0. The molecule has 1 N–H and O–H groups in total. The monoisotopic (exact) mass is 307 g/mol. The molecule has 2 nitrogen and oxygen atoms in total. The van der Waals surface area contributed by atoms with Crippen molar-refractivity contribution in [2.24, 2.45) is 0 Å². The molecule has 0 aliphatic heterocycles. The number of amides is 1. The summed E-state index contributed by atoms with van der Waals surface area (Å²) in [5.41, 5.74) is -2.71. The van der Waals surface area contributed by atoms with Crippen LogP contribution in [0.2, 0.25) is 0 Å². The maximum absolute atomic E-state index is 13.1. The van der Waals surface area contributed by atoms with E-state index in [0.29, 0.717) is 6.07 Å². The van der Waals surface area contributed by atoms with Crippen LogP contribution < -0.4 is 5.32 Å². The molecule has 0 heterocycles. The van der Waals surface area contributed by atoms with Crippen molar-refractivity contribution in [1.82, 2.24) is 0 Å². The van der Waals surface area contributed by atoms with Gasteiger partial charge < -0.3 is 5.32 Å². The summed E-state index contributed by atoms with van der Waals surface area (Å²) in [6.07, 6.45) is -9.30. The molecule has 0 atom stereocenters. The maximum Gasteiger partial charge on any atom is 0.416 e. The van der Waals surface area contributed by atoms with Crippen LogP contribution in [0.15, 0.2) is 18.2 Å². The zero-order valence-corrected chi connectivity index (χ0v) is 9.24. The average Bonchev–Trinajstić information content (AvgIpc) is 2.30. The average molecular weight is 307 g/mol. The number of hydrogen-bond donors (Lipinski definition) is 1. The Morgan fingerprint density at radius 2 is 1.65 bits per heavy atom. The summed E-state index contributed by atoms with van der Waals surface area (Å²) in [4.78, 5) is 10.8. The second-order valence-corrected chi connectivity index (χ2v) is 3.57. The van der Waals surface area contributed by atoms with Crippen molar-refractivity contribution >= 4 is 11.6 Å². The Morgan fingerprint density at radius 3 is 2.10 bits per heavy atom. The van der Waals surface area contributed by atoms with Gasteiger partial charge in [0.15, 0.2) is 0 Å². The Labute approximate surface area is 106 Å². The van der Waals surface area contributed by atoms with Gasteiger partial charge in [0, 0.05) is 0 Å². The molecule has 0 aliphatic rings. The van der Waals surface area contributed by atoms with Crippen LogP contribution in [0.1, 0.15) is 5.56 Å². The van der Waals surface area contributed by atoms with Gasteiger partial charge in [-0.15, -0.1) is 0 Å². The number of rotatable bonds is 3. The molecule has 20 heavy (non-hydrogen) atoms. The normalized spacial score (nSPS) is 12.7. The fraction of sp³-hybridized carbons (Fsp3) is 0.300. The number of carbonyl (C=O) groups is 1. The summed E-state index contributed by atoms with van der Waals surface area (Å²) in [6.45, 7) is 0. The quantitative estimate of drug-likeness (QED) is 0.848. The van der Waals surface area contributed by atoms with Crippen LogP contribution in [0.5, 0.6) is 0 Å². The van der Waals surface area contributed by atoms with Gasteiger partial charge >= 0.3 is 24.4 Å². The third-order valence-corrected chi connectivity index (χ3v) is 2.12. The van der Waals surface area contributed by atoms with E-state index < -0.39 is 41.5 Å². The molecule has 0 radical (unpaired) electrons. The minimum Gasteiger partial charge on any atom is -0.318 e. The molecular formula is C10H5F8NO. The van der Waals surface area contributed by atoms with Gasteiger partial charge in [-0.05, 0) is 18.2 Å². The lowest BCUT2D eigenvalue weighted by Crippen LogP contribution is -2.41. The van der Waals surface area contributed by atoms with E-state index in [-0.39, 0.29) is 12.1 Å². The van der Waals surface area contributed by atoms with Crippen LogP contribution in [0.4, 0.5) is 40.8 Å². The van der Waals surface area contributed by atoms with Crippen LogP contribution in [0.25, 0.3) is 0 Å². The molecule has 1 aromatic rings. The van der Waals surface area contributed by atoms with E-state index in [1.54, 1.807) is 0 Å². The second-order valence-electron chi connectivity index (χ2n) is 3.57. The SMILES string of the molecule is O=C(Nc1cc(C(F)(F)F)ccc1F)C(F)(F)C(F)F. The second kappa shape index (κ2) is 5.25. The predicted octanol–water partition coefficient (Wildman–Crippen LogP) is 3.68. The van der Waals surface area contributed by atoms with Gasteiger partial charge in [0.25, 0.3) is 0 Å². The lowest BCUT2D eigenvalue weighted by Gasteiger charge is -2.16. The molecule has 0 aliphatic carbocycles. The van der Waals surface area contributed by atoms with Crippen LogP contribution in [0, 0.1) is 5.82 Å². The van der Waals surface area contributed by atoms with Gasteiger partial charge in [-0.3, -0.25) is 4.79 Å². The Kier molecular flexibility index (Phi) is 4.25. The van der Waals surface area contributed by atoms with Crippen LogP contribution in [-0.4, -0.2) is 18.3 Å². The third kappa shape index (κ3) is 3.36. The first-order valence-corrected chi connectivity index (χ1v) is 4.80. The summed E-state index contributed by atoms with van der Waals surface area (Å²) < 4.78 is 98.9. The Bertz CT molecular complexity index is 510. The highest BCUT2D eigenvalue weighted by atomic mass is 19.4. The van der Waals surface area contributed by atoms with Crippen molar-refractivity contribution in [3.05, 3.63) is 29.6 Å². The van der Waals surface area contributed by atoms with E-state index in [1.807, 2.05) is 0 Å². The van der Waals surface area contributed by atoms with E-state index in [4.69, 9.17) is 0 Å². The summed E-state index contributed by atoms with van der Waals surface area (Å²) in [6, 6.07) is 0.587. The van der Waals surface area contributed by atoms with E-state index in [1.165, 1.54) is 0 Å². The zero-order chi connectivity index (χ0) is 15.7. The fourth-order valence-electron chi connectivity index (χ4n) is 1.10. The van der Waals surface area contributed by atoms with Crippen LogP contribution >= 0.6 is 0 Å². The lowest BCUT2D eigenvalue weighted by atomic mass is 10.1. The summed E-state index contributed by atoms with van der Waals surface area (Å²) in [5.74, 6) is -9.23. The molecule has 10 heteroatoms. The van der Waals surface area contributed by atoms with Crippen molar-refractivity contribution in [3.63, 3.8) is 0 Å². The number of alkyl halides is 7. The Balaban J connectivity index is 3.07. The van der Waals surface area contributed by atoms with Crippen molar-refractivity contribution in [1.29, 1.82) is 0 Å². The molecule has 1 amide bonds. The number of nitrogens with one attached hydrogen (secondary N) is 1. The Morgan fingerprint density at radius 1 is 1.10 bits per heavy atom. The topological polar surface area (TPSA) is 29.1 Å². The number of benzene rings is 1. The zero-order valence-electron chi connectivity index (χ0n) is 9.24. The lowest BCUT2D eigenvalue weighted by molar-refractivity contribution is -0.163. The van der Waals surface area contributed by atoms with Gasteiger partial charge in [0.2, 0.25) is 0 Å². The van der Waals surface area contributed by atoms with E-state index >= 15 is 0 Å². The maximum atomic E-state index is 13.1. The summed E-state index contributed by atoms with van der Waals surface area (Å²) >= 11 is 0. The fourth-order valence-corrected chi connectivity index (χ4v) is 1.10. The molecule has 112 valence electrons. The van der Waals surface area contributed by atoms with Gasteiger partial charge in [0.1, 0.15) is 5.82 Å². The molecule has 1 rings (SSSR count). The predicted molar refractivity (Wildman–Crippen MR) is 51.0 cm³/mol. The molecule has 0 fully saturated rings. The molecule has 1 aromatic carbocycles. The van der Waals surface area contributed by atoms with Crippen LogP contribution in [-0.2, 0) is 11.0 Å². The van der Waals surface area contributed by atoms with E-state index in [0.717, 1.165) is 5.32 Å². The van der Waals surface area contributed by atoms with E-state index in [2.05, 4.69) is 0 Å². The van der Waals surface area contributed by atoms with Gasteiger partial charge in [-0.1, -0.05) is 0 Å². The van der Waals surface area contributed by atoms with Crippen molar-refractivity contribution < 1.29 is 39.9 Å². The smallest absolute Gasteiger partial charge is 0.318 e. The largest absolute Gasteiger partial charge is 0.416 e. The van der Waals surface area contributed by atoms with Crippen molar-refractivity contribution in [2.75, 3.05) is 5.32 Å². The molecule has 0 unspecified atom stereocenters. The highest BCUT2D eigenvalue weighted by molar-refractivity contribution is 5.96. The first-order chi connectivity index (χ1) is 8.96. The number of anilines is 1. The molecule has 0 spiro atoms. The molecule has 0 aromatic heterocycles. The van der Waals surface area contributed by atoms with Gasteiger partial charge in [0.05, 0.1) is 11.3 Å². The highest BCUT2D eigenvalue weighted by Crippen LogP contribution is 2.32. The van der Waals surface area contributed by atoms with Gasteiger partial charge in [-0.25, -0.2) is 13.2 Å². The van der Waals surface area contributed by atoms with Crippen LogP contribution in [0.3, 0.4) is 0 Å². The third-order valence-electron chi connectivity index (χ3n) is 2.12. The molecule has 0 bridgehead atoms. The molecule has 0 saturated heterocycles.